The zero-order chi connectivity index (χ0) is 31.3. The van der Waals surface area contributed by atoms with Crippen molar-refractivity contribution in [2.24, 2.45) is 0 Å². The van der Waals surface area contributed by atoms with Crippen molar-refractivity contribution in [2.75, 3.05) is 75.9 Å². The van der Waals surface area contributed by atoms with Crippen LogP contribution in [0.5, 0.6) is 0 Å². The molecule has 0 radical (unpaired) electrons. The van der Waals surface area contributed by atoms with E-state index < -0.39 is 43.2 Å². The number of hydrogen-bond donors (Lipinski definition) is 5. The third-order valence-corrected chi connectivity index (χ3v) is 8.20. The second-order valence-electron chi connectivity index (χ2n) is 10.7. The molecule has 0 bridgehead atoms. The number of carbonyl (C=O) groups is 2. The Bertz CT molecular complexity index is 1220. The molecule has 2 aromatic carbocycles. The van der Waals surface area contributed by atoms with Gasteiger partial charge < -0.3 is 50.0 Å². The maximum absolute atomic E-state index is 13.5. The van der Waals surface area contributed by atoms with Crippen LogP contribution in [0.1, 0.15) is 6.92 Å². The van der Waals surface area contributed by atoms with Crippen LogP contribution in [0.2, 0.25) is 0 Å². The van der Waals surface area contributed by atoms with Crippen molar-refractivity contribution < 1.29 is 39.1 Å². The van der Waals surface area contributed by atoms with E-state index in [4.69, 9.17) is 14.2 Å². The van der Waals surface area contributed by atoms with E-state index in [1.165, 1.54) is 6.92 Å². The average Bonchev–Trinajstić information content (AvgIpc) is 2.97. The molecule has 2 heterocycles. The van der Waals surface area contributed by atoms with Gasteiger partial charge in [0, 0.05) is 62.8 Å². The third kappa shape index (κ3) is 7.70. The lowest BCUT2D eigenvalue weighted by Gasteiger charge is -2.42. The van der Waals surface area contributed by atoms with Gasteiger partial charge in [-0.05, 0) is 36.4 Å². The van der Waals surface area contributed by atoms with E-state index in [1.54, 1.807) is 16.7 Å². The van der Waals surface area contributed by atoms with Gasteiger partial charge in [0.05, 0.1) is 37.8 Å². The summed E-state index contributed by atoms with van der Waals surface area (Å²) in [6.07, 6.45) is -4.93. The topological polar surface area (TPSA) is 156 Å². The molecule has 1 fully saturated rings. The van der Waals surface area contributed by atoms with Gasteiger partial charge in [0.15, 0.2) is 6.29 Å². The van der Waals surface area contributed by atoms with Gasteiger partial charge in [0.25, 0.3) is 0 Å². The van der Waals surface area contributed by atoms with Gasteiger partial charge in [-0.25, -0.2) is 4.79 Å². The van der Waals surface area contributed by atoms with E-state index in [0.29, 0.717) is 0 Å². The molecule has 2 aromatic rings. The fraction of sp³-hybridized carbons (Fsp3) is 0.517. The highest BCUT2D eigenvalue weighted by Gasteiger charge is 2.45. The molecule has 2 aliphatic heterocycles. The minimum atomic E-state index is -1.39. The van der Waals surface area contributed by atoms with Gasteiger partial charge >= 0.3 is 6.03 Å². The molecule has 3 amide bonds. The minimum absolute atomic E-state index is 0.0438. The fourth-order valence-electron chi connectivity index (χ4n) is 4.81. The number of rotatable bonds is 11. The van der Waals surface area contributed by atoms with Crippen LogP contribution in [0.3, 0.4) is 0 Å². The number of aliphatic hydroxyl groups excluding tert-OH is 3. The molecule has 0 aliphatic carbocycles. The molecule has 0 saturated carbocycles. The summed E-state index contributed by atoms with van der Waals surface area (Å²) >= 11 is 1.63. The highest BCUT2D eigenvalue weighted by Crippen LogP contribution is 2.50. The number of nitrogens with zero attached hydrogens (tertiary/aromatic N) is 3. The molecule has 14 heteroatoms. The number of urea groups is 1. The lowest BCUT2D eigenvalue weighted by atomic mass is 9.97. The van der Waals surface area contributed by atoms with Crippen LogP contribution in [0.15, 0.2) is 46.2 Å². The summed E-state index contributed by atoms with van der Waals surface area (Å²) in [7, 11) is 7.91. The molecule has 4 rings (SSSR count). The molecule has 0 aromatic heterocycles. The molecular formula is C29H41N5O8S. The van der Waals surface area contributed by atoms with Crippen LogP contribution in [0.4, 0.5) is 27.5 Å². The minimum Gasteiger partial charge on any atom is -0.394 e. The van der Waals surface area contributed by atoms with Crippen molar-refractivity contribution >= 4 is 46.4 Å². The maximum atomic E-state index is 13.5. The zero-order valence-corrected chi connectivity index (χ0v) is 25.8. The molecule has 5 N–H and O–H groups in total. The number of ether oxygens (including phenoxy) is 3. The molecule has 236 valence electrons. The van der Waals surface area contributed by atoms with Gasteiger partial charge in [-0.2, -0.15) is 0 Å². The number of fused-ring (bicyclic) bond motifs is 2. The molecule has 0 unspecified atom stereocenters. The van der Waals surface area contributed by atoms with Crippen LogP contribution >= 0.6 is 11.8 Å². The Kier molecular flexibility index (Phi) is 11.1. The summed E-state index contributed by atoms with van der Waals surface area (Å²) < 4.78 is 16.8. The lowest BCUT2D eigenvalue weighted by molar-refractivity contribution is -0.272. The largest absolute Gasteiger partial charge is 0.394 e. The van der Waals surface area contributed by atoms with E-state index in [2.05, 4.69) is 22.8 Å². The number of aliphatic hydroxyl groups is 3. The van der Waals surface area contributed by atoms with Crippen LogP contribution in [0, 0.1) is 0 Å². The number of benzene rings is 2. The fourth-order valence-corrected chi connectivity index (χ4v) is 5.93. The smallest absolute Gasteiger partial charge is 0.326 e. The second kappa shape index (κ2) is 14.6. The number of amides is 3. The Labute approximate surface area is 255 Å². The van der Waals surface area contributed by atoms with E-state index in [1.807, 2.05) is 62.3 Å². The van der Waals surface area contributed by atoms with Gasteiger partial charge in [0.2, 0.25) is 5.91 Å². The highest BCUT2D eigenvalue weighted by atomic mass is 32.2. The van der Waals surface area contributed by atoms with E-state index in [0.717, 1.165) is 32.5 Å². The average molecular weight is 620 g/mol. The van der Waals surface area contributed by atoms with Crippen molar-refractivity contribution in [1.82, 2.24) is 10.6 Å². The maximum Gasteiger partial charge on any atom is 0.326 e. The molecule has 5 atom stereocenters. The summed E-state index contributed by atoms with van der Waals surface area (Å²) in [6.45, 7) is 1.37. The Morgan fingerprint density at radius 2 is 1.56 bits per heavy atom. The van der Waals surface area contributed by atoms with Crippen LogP contribution in [0.25, 0.3) is 0 Å². The normalized spacial score (nSPS) is 22.8. The predicted molar refractivity (Wildman–Crippen MR) is 163 cm³/mol. The van der Waals surface area contributed by atoms with Gasteiger partial charge in [-0.1, -0.05) is 11.8 Å². The number of carbonyl (C=O) groups excluding carboxylic acids is 2. The SMILES string of the molecule is CC(=O)N[C@H]1[C@H](OCCOCCNC(=O)N2c3ccc(N(C)C)cc3Sc3cc(N(C)C)ccc32)O[C@H](CO)[C@H](O)[C@@H]1O. The molecule has 0 spiro atoms. The van der Waals surface area contributed by atoms with Crippen LogP contribution < -0.4 is 25.3 Å². The number of nitrogens with one attached hydrogen (secondary N) is 2. The number of hydrogen-bond acceptors (Lipinski definition) is 11. The Morgan fingerprint density at radius 1 is 0.953 bits per heavy atom. The van der Waals surface area contributed by atoms with Crippen LogP contribution in [-0.4, -0.2) is 119 Å². The van der Waals surface area contributed by atoms with E-state index in [9.17, 15) is 24.9 Å². The standard InChI is InChI=1S/C29H41N5O8S/c1-17(36)31-25-27(38)26(37)22(16-35)42-28(25)41-13-12-40-11-10-30-29(39)34-20-8-6-18(32(2)3)14-23(20)43-24-15-19(33(4)5)7-9-21(24)34/h6-9,14-15,22,25-28,35,37-38H,10-13,16H2,1-5H3,(H,30,39)(H,31,36)/t22-,25-,26+,27-,28-/m1/s1. The molecule has 1 saturated heterocycles. The first kappa shape index (κ1) is 32.8. The van der Waals surface area contributed by atoms with Crippen molar-refractivity contribution in [1.29, 1.82) is 0 Å². The predicted octanol–water partition coefficient (Wildman–Crippen LogP) is 1.11. The Morgan fingerprint density at radius 3 is 2.09 bits per heavy atom. The van der Waals surface area contributed by atoms with Crippen molar-refractivity contribution in [3.05, 3.63) is 36.4 Å². The Balaban J connectivity index is 1.33. The lowest BCUT2D eigenvalue weighted by Crippen LogP contribution is -2.64. The number of anilines is 4. The highest BCUT2D eigenvalue weighted by molar-refractivity contribution is 7.99. The monoisotopic (exact) mass is 619 g/mol. The zero-order valence-electron chi connectivity index (χ0n) is 25.0. The van der Waals surface area contributed by atoms with Gasteiger partial charge in [-0.3, -0.25) is 9.69 Å². The van der Waals surface area contributed by atoms with E-state index in [-0.39, 0.29) is 32.4 Å². The summed E-state index contributed by atoms with van der Waals surface area (Å²) in [6, 6.07) is 10.7. The summed E-state index contributed by atoms with van der Waals surface area (Å²) in [5.41, 5.74) is 3.66. The van der Waals surface area contributed by atoms with Gasteiger partial charge in [0.1, 0.15) is 24.4 Å². The Hall–Kier alpha value is -3.11. The van der Waals surface area contributed by atoms with Crippen molar-refractivity contribution in [3.63, 3.8) is 0 Å². The molecule has 43 heavy (non-hydrogen) atoms. The molecule has 13 nitrogen and oxygen atoms in total. The summed E-state index contributed by atoms with van der Waals surface area (Å²) in [4.78, 5) is 32.7. The first-order chi connectivity index (χ1) is 20.5. The van der Waals surface area contributed by atoms with Crippen LogP contribution in [-0.2, 0) is 19.0 Å². The third-order valence-electron chi connectivity index (χ3n) is 7.11. The quantitative estimate of drug-likeness (QED) is 0.230. The van der Waals surface area contributed by atoms with Crippen molar-refractivity contribution in [3.8, 4) is 0 Å². The summed E-state index contributed by atoms with van der Waals surface area (Å²) in [5.74, 6) is -0.434. The van der Waals surface area contributed by atoms with Gasteiger partial charge in [-0.15, -0.1) is 0 Å². The first-order valence-corrected chi connectivity index (χ1v) is 14.8. The summed E-state index contributed by atoms with van der Waals surface area (Å²) in [5, 5.41) is 35.4. The first-order valence-electron chi connectivity index (χ1n) is 14.0. The van der Waals surface area contributed by atoms with Crippen molar-refractivity contribution in [2.45, 2.75) is 47.4 Å². The molecular weight excluding hydrogens is 578 g/mol. The van der Waals surface area contributed by atoms with E-state index >= 15 is 0 Å². The molecule has 2 aliphatic rings. The second-order valence-corrected chi connectivity index (χ2v) is 11.8.